The first-order chi connectivity index (χ1) is 8.56. The topological polar surface area (TPSA) is 78.2 Å². The Labute approximate surface area is 103 Å². The smallest absolute Gasteiger partial charge is 0.269 e. The largest absolute Gasteiger partial charge is 0.437 e. The number of aryl methyl sites for hydroxylation is 2. The quantitative estimate of drug-likeness (QED) is 0.613. The first-order valence-electron chi connectivity index (χ1n) is 5.28. The second-order valence-electron chi connectivity index (χ2n) is 3.80. The number of rotatable bonds is 3. The van der Waals surface area contributed by atoms with Gasteiger partial charge in [-0.25, -0.2) is 4.98 Å². The van der Waals surface area contributed by atoms with Gasteiger partial charge in [-0.05, 0) is 25.5 Å². The van der Waals surface area contributed by atoms with Gasteiger partial charge in [0.15, 0.2) is 0 Å². The molecule has 0 radical (unpaired) electrons. The van der Waals surface area contributed by atoms with E-state index >= 15 is 0 Å². The van der Waals surface area contributed by atoms with E-state index < -0.39 is 4.92 Å². The Hall–Kier alpha value is -2.50. The van der Waals surface area contributed by atoms with Crippen molar-refractivity contribution in [3.63, 3.8) is 0 Å². The average molecular weight is 245 g/mol. The van der Waals surface area contributed by atoms with E-state index in [2.05, 4.69) is 9.97 Å². The van der Waals surface area contributed by atoms with Gasteiger partial charge in [-0.3, -0.25) is 15.1 Å². The highest BCUT2D eigenvalue weighted by Gasteiger charge is 2.09. The van der Waals surface area contributed by atoms with Crippen LogP contribution >= 0.6 is 0 Å². The fourth-order valence-corrected chi connectivity index (χ4v) is 1.41. The van der Waals surface area contributed by atoms with Crippen molar-refractivity contribution in [1.82, 2.24) is 9.97 Å². The lowest BCUT2D eigenvalue weighted by atomic mass is 10.2. The Morgan fingerprint density at radius 2 is 2.00 bits per heavy atom. The van der Waals surface area contributed by atoms with Gasteiger partial charge in [-0.2, -0.15) is 0 Å². The molecule has 0 amide bonds. The van der Waals surface area contributed by atoms with Crippen LogP contribution in [-0.4, -0.2) is 14.9 Å². The van der Waals surface area contributed by atoms with Crippen LogP contribution in [0.15, 0.2) is 30.6 Å². The van der Waals surface area contributed by atoms with Gasteiger partial charge in [0.1, 0.15) is 5.75 Å². The zero-order valence-electron chi connectivity index (χ0n) is 9.95. The Kier molecular flexibility index (Phi) is 3.18. The zero-order valence-corrected chi connectivity index (χ0v) is 9.95. The van der Waals surface area contributed by atoms with Gasteiger partial charge in [0.05, 0.1) is 23.0 Å². The number of hydrogen-bond acceptors (Lipinski definition) is 5. The van der Waals surface area contributed by atoms with Gasteiger partial charge in [0.2, 0.25) is 5.88 Å². The second-order valence-corrected chi connectivity index (χ2v) is 3.80. The van der Waals surface area contributed by atoms with Crippen molar-refractivity contribution in [3.05, 3.63) is 52.0 Å². The van der Waals surface area contributed by atoms with Crippen molar-refractivity contribution in [2.45, 2.75) is 13.8 Å². The summed E-state index contributed by atoms with van der Waals surface area (Å²) in [5, 5.41) is 10.6. The first kappa shape index (κ1) is 12.0. The molecule has 0 atom stereocenters. The molecule has 1 aromatic heterocycles. The lowest BCUT2D eigenvalue weighted by Gasteiger charge is -2.07. The Morgan fingerprint density at radius 1 is 1.22 bits per heavy atom. The molecule has 0 aliphatic carbocycles. The zero-order chi connectivity index (χ0) is 13.1. The maximum atomic E-state index is 10.6. The minimum absolute atomic E-state index is 0.0369. The molecule has 0 fully saturated rings. The molecule has 0 N–H and O–H groups in total. The van der Waals surface area contributed by atoms with Crippen LogP contribution in [-0.2, 0) is 0 Å². The number of nitrogens with zero attached hydrogens (tertiary/aromatic N) is 3. The molecule has 0 saturated carbocycles. The van der Waals surface area contributed by atoms with E-state index in [0.717, 1.165) is 5.69 Å². The molecule has 0 saturated heterocycles. The summed E-state index contributed by atoms with van der Waals surface area (Å²) in [4.78, 5) is 18.3. The molecule has 2 aromatic rings. The second kappa shape index (κ2) is 4.79. The molecule has 18 heavy (non-hydrogen) atoms. The number of ether oxygens (including phenoxy) is 1. The Balaban J connectivity index is 2.24. The summed E-state index contributed by atoms with van der Waals surface area (Å²) in [6.45, 7) is 3.57. The maximum Gasteiger partial charge on any atom is 0.269 e. The van der Waals surface area contributed by atoms with Crippen molar-refractivity contribution >= 4 is 5.69 Å². The maximum absolute atomic E-state index is 10.6. The molecule has 0 aliphatic rings. The van der Waals surface area contributed by atoms with Crippen molar-refractivity contribution in [2.24, 2.45) is 0 Å². The fraction of sp³-hybridized carbons (Fsp3) is 0.167. The number of benzene rings is 1. The third-order valence-corrected chi connectivity index (χ3v) is 2.34. The van der Waals surface area contributed by atoms with Crippen molar-refractivity contribution in [1.29, 1.82) is 0 Å². The highest BCUT2D eigenvalue weighted by Crippen LogP contribution is 2.26. The molecule has 0 bridgehead atoms. The minimum atomic E-state index is -0.442. The molecular weight excluding hydrogens is 234 g/mol. The predicted octanol–water partition coefficient (Wildman–Crippen LogP) is 2.79. The molecular formula is C12H11N3O3. The van der Waals surface area contributed by atoms with E-state index in [-0.39, 0.29) is 5.69 Å². The van der Waals surface area contributed by atoms with Crippen LogP contribution < -0.4 is 4.74 Å². The number of aromatic nitrogens is 2. The average Bonchev–Trinajstić information content (AvgIpc) is 2.34. The van der Waals surface area contributed by atoms with Crippen LogP contribution in [0.3, 0.4) is 0 Å². The molecule has 2 rings (SSSR count). The van der Waals surface area contributed by atoms with Gasteiger partial charge >= 0.3 is 0 Å². The van der Waals surface area contributed by atoms with Gasteiger partial charge in [-0.1, -0.05) is 0 Å². The Bertz CT molecular complexity index is 582. The third-order valence-electron chi connectivity index (χ3n) is 2.34. The Morgan fingerprint density at radius 3 is 2.56 bits per heavy atom. The SMILES string of the molecule is Cc1cnc(Oc2ccc([N+](=O)[O-])cc2C)cn1. The highest BCUT2D eigenvalue weighted by molar-refractivity contribution is 5.44. The normalized spacial score (nSPS) is 10.1. The summed E-state index contributed by atoms with van der Waals surface area (Å²) >= 11 is 0. The van der Waals surface area contributed by atoms with Crippen molar-refractivity contribution < 1.29 is 9.66 Å². The molecule has 92 valence electrons. The summed E-state index contributed by atoms with van der Waals surface area (Å²) in [7, 11) is 0. The lowest BCUT2D eigenvalue weighted by Crippen LogP contribution is -1.94. The number of nitro benzene ring substituents is 1. The molecule has 1 heterocycles. The van der Waals surface area contributed by atoms with Crippen LogP contribution in [0.4, 0.5) is 5.69 Å². The van der Waals surface area contributed by atoms with E-state index in [0.29, 0.717) is 17.2 Å². The van der Waals surface area contributed by atoms with E-state index in [1.165, 1.54) is 18.3 Å². The monoisotopic (exact) mass is 245 g/mol. The van der Waals surface area contributed by atoms with Gasteiger partial charge in [0.25, 0.3) is 5.69 Å². The van der Waals surface area contributed by atoms with Crippen LogP contribution in [0.2, 0.25) is 0 Å². The summed E-state index contributed by atoms with van der Waals surface area (Å²) in [5.41, 5.74) is 1.50. The summed E-state index contributed by atoms with van der Waals surface area (Å²) in [6.07, 6.45) is 3.10. The van der Waals surface area contributed by atoms with Gasteiger partial charge in [0, 0.05) is 12.1 Å². The first-order valence-corrected chi connectivity index (χ1v) is 5.28. The third kappa shape index (κ3) is 2.60. The lowest BCUT2D eigenvalue weighted by molar-refractivity contribution is -0.384. The minimum Gasteiger partial charge on any atom is -0.437 e. The van der Waals surface area contributed by atoms with Crippen LogP contribution in [0.5, 0.6) is 11.6 Å². The fourth-order valence-electron chi connectivity index (χ4n) is 1.41. The van der Waals surface area contributed by atoms with E-state index in [1.54, 1.807) is 19.2 Å². The summed E-state index contributed by atoms with van der Waals surface area (Å²) < 4.78 is 5.50. The predicted molar refractivity (Wildman–Crippen MR) is 64.7 cm³/mol. The molecule has 6 heteroatoms. The number of non-ortho nitro benzene ring substituents is 1. The summed E-state index contributed by atoms with van der Waals surface area (Å²) in [6, 6.07) is 4.40. The van der Waals surface area contributed by atoms with Crippen molar-refractivity contribution in [2.75, 3.05) is 0 Å². The van der Waals surface area contributed by atoms with Crippen LogP contribution in [0.25, 0.3) is 0 Å². The van der Waals surface area contributed by atoms with Gasteiger partial charge < -0.3 is 4.74 Å². The van der Waals surface area contributed by atoms with Crippen molar-refractivity contribution in [3.8, 4) is 11.6 Å². The molecule has 6 nitrogen and oxygen atoms in total. The molecule has 0 spiro atoms. The number of nitro groups is 1. The number of hydrogen-bond donors (Lipinski definition) is 0. The molecule has 1 aromatic carbocycles. The molecule has 0 aliphatic heterocycles. The van der Waals surface area contributed by atoms with Crippen LogP contribution in [0, 0.1) is 24.0 Å². The van der Waals surface area contributed by atoms with E-state index in [1.807, 2.05) is 6.92 Å². The standard InChI is InChI=1S/C12H11N3O3/c1-8-5-10(15(16)17)3-4-11(8)18-12-7-13-9(2)6-14-12/h3-7H,1-2H3. The van der Waals surface area contributed by atoms with E-state index in [4.69, 9.17) is 4.74 Å². The molecule has 0 unspecified atom stereocenters. The summed E-state index contributed by atoms with van der Waals surface area (Å²) in [5.74, 6) is 0.885. The highest BCUT2D eigenvalue weighted by atomic mass is 16.6. The van der Waals surface area contributed by atoms with E-state index in [9.17, 15) is 10.1 Å². The van der Waals surface area contributed by atoms with Crippen LogP contribution in [0.1, 0.15) is 11.3 Å². The van der Waals surface area contributed by atoms with Gasteiger partial charge in [-0.15, -0.1) is 0 Å².